The fraction of sp³-hybridized carbons (Fsp3) is 0.278. The number of ether oxygens (including phenoxy) is 1. The molecule has 2 aromatic rings. The van der Waals surface area contributed by atoms with E-state index >= 15 is 0 Å². The maximum atomic E-state index is 13.1. The minimum Gasteiger partial charge on any atom is -0.465 e. The summed E-state index contributed by atoms with van der Waals surface area (Å²) in [6.07, 6.45) is -1.57. The second-order valence-electron chi connectivity index (χ2n) is 5.89. The molecular weight excluding hydrogens is 349 g/mol. The lowest BCUT2D eigenvalue weighted by Gasteiger charge is -2.17. The number of hydrogen-bond acceptors (Lipinski definition) is 4. The third-order valence-electron chi connectivity index (χ3n) is 4.32. The van der Waals surface area contributed by atoms with E-state index in [9.17, 15) is 22.8 Å². The monoisotopic (exact) mass is 364 g/mol. The number of nitrogens with zero attached hydrogens (tertiary/aromatic N) is 1. The lowest BCUT2D eigenvalue weighted by atomic mass is 10.0. The van der Waals surface area contributed by atoms with Crippen LogP contribution < -0.4 is 5.32 Å². The number of benzene rings is 1. The first-order valence-corrected chi connectivity index (χ1v) is 7.84. The maximum absolute atomic E-state index is 13.1. The Bertz CT molecular complexity index is 865. The Morgan fingerprint density at radius 3 is 2.73 bits per heavy atom. The molecule has 1 aliphatic carbocycles. The summed E-state index contributed by atoms with van der Waals surface area (Å²) in [6, 6.07) is 5.28. The molecule has 0 aliphatic heterocycles. The zero-order valence-electron chi connectivity index (χ0n) is 13.8. The van der Waals surface area contributed by atoms with Crippen LogP contribution in [0.2, 0.25) is 0 Å². The number of alkyl halides is 3. The van der Waals surface area contributed by atoms with Crippen molar-refractivity contribution in [2.75, 3.05) is 7.11 Å². The second kappa shape index (κ2) is 6.78. The molecule has 3 rings (SSSR count). The van der Waals surface area contributed by atoms with Crippen LogP contribution in [0, 0.1) is 0 Å². The van der Waals surface area contributed by atoms with Crippen LogP contribution in [0.3, 0.4) is 0 Å². The Kier molecular flexibility index (Phi) is 4.67. The Morgan fingerprint density at radius 2 is 2.04 bits per heavy atom. The molecule has 1 amide bonds. The Morgan fingerprint density at radius 1 is 1.27 bits per heavy atom. The van der Waals surface area contributed by atoms with Crippen LogP contribution in [0.4, 0.5) is 13.2 Å². The number of pyridine rings is 1. The Labute approximate surface area is 147 Å². The van der Waals surface area contributed by atoms with Gasteiger partial charge in [-0.05, 0) is 42.2 Å². The largest absolute Gasteiger partial charge is 0.465 e. The SMILES string of the molecule is COC(=O)c1ccc2c(c1)[C@H](NC(=O)c1cnccc1C(F)(F)F)CC2. The molecule has 1 aromatic heterocycles. The third kappa shape index (κ3) is 3.40. The standard InChI is InChI=1S/C18H15F3N2O3/c1-26-17(25)11-3-2-10-4-5-15(12(10)8-11)23-16(24)13-9-22-7-6-14(13)18(19,20)21/h2-3,6-9,15H,4-5H2,1H3,(H,23,24)/t15-/m1/s1. The number of aromatic nitrogens is 1. The predicted octanol–water partition coefficient (Wildman–Crippen LogP) is 3.30. The molecule has 0 spiro atoms. The molecule has 1 aromatic carbocycles. The summed E-state index contributed by atoms with van der Waals surface area (Å²) < 4.78 is 43.9. The highest BCUT2D eigenvalue weighted by molar-refractivity contribution is 5.96. The number of halogens is 3. The first-order chi connectivity index (χ1) is 12.3. The van der Waals surface area contributed by atoms with Gasteiger partial charge < -0.3 is 10.1 Å². The summed E-state index contributed by atoms with van der Waals surface area (Å²) in [6.45, 7) is 0. The fourth-order valence-electron chi connectivity index (χ4n) is 3.06. The lowest BCUT2D eigenvalue weighted by Crippen LogP contribution is -2.29. The number of hydrogen-bond donors (Lipinski definition) is 1. The van der Waals surface area contributed by atoms with E-state index in [-0.39, 0.29) is 0 Å². The first kappa shape index (κ1) is 17.9. The quantitative estimate of drug-likeness (QED) is 0.849. The van der Waals surface area contributed by atoms with Crippen LogP contribution in [0.25, 0.3) is 0 Å². The van der Waals surface area contributed by atoms with Crippen LogP contribution in [0.15, 0.2) is 36.7 Å². The Hall–Kier alpha value is -2.90. The van der Waals surface area contributed by atoms with Crippen molar-refractivity contribution in [3.63, 3.8) is 0 Å². The van der Waals surface area contributed by atoms with Crippen molar-refractivity contribution in [3.8, 4) is 0 Å². The number of carbonyl (C=O) groups excluding carboxylic acids is 2. The highest BCUT2D eigenvalue weighted by Gasteiger charge is 2.36. The van der Waals surface area contributed by atoms with Gasteiger partial charge in [0.05, 0.1) is 29.8 Å². The van der Waals surface area contributed by atoms with E-state index in [1.165, 1.54) is 7.11 Å². The van der Waals surface area contributed by atoms with E-state index in [0.717, 1.165) is 24.0 Å². The second-order valence-corrected chi connectivity index (χ2v) is 5.89. The molecule has 0 saturated heterocycles. The van der Waals surface area contributed by atoms with Crippen molar-refractivity contribution >= 4 is 11.9 Å². The number of carbonyl (C=O) groups is 2. The molecule has 5 nitrogen and oxygen atoms in total. The van der Waals surface area contributed by atoms with Crippen molar-refractivity contribution < 1.29 is 27.5 Å². The molecule has 0 saturated carbocycles. The number of aryl methyl sites for hydroxylation is 1. The average Bonchev–Trinajstić information content (AvgIpc) is 3.02. The molecule has 26 heavy (non-hydrogen) atoms. The van der Waals surface area contributed by atoms with Crippen molar-refractivity contribution in [1.82, 2.24) is 10.3 Å². The predicted molar refractivity (Wildman–Crippen MR) is 85.5 cm³/mol. The topological polar surface area (TPSA) is 68.3 Å². The van der Waals surface area contributed by atoms with E-state index in [2.05, 4.69) is 15.0 Å². The van der Waals surface area contributed by atoms with E-state index in [4.69, 9.17) is 0 Å². The number of methoxy groups -OCH3 is 1. The molecule has 1 aliphatic rings. The summed E-state index contributed by atoms with van der Waals surface area (Å²) in [5.41, 5.74) is 0.401. The fourth-order valence-corrected chi connectivity index (χ4v) is 3.06. The van der Waals surface area contributed by atoms with Gasteiger partial charge in [-0.15, -0.1) is 0 Å². The minimum atomic E-state index is -4.65. The summed E-state index contributed by atoms with van der Waals surface area (Å²) in [4.78, 5) is 27.7. The van der Waals surface area contributed by atoms with Gasteiger partial charge in [-0.25, -0.2) is 4.79 Å². The third-order valence-corrected chi connectivity index (χ3v) is 4.32. The van der Waals surface area contributed by atoms with Gasteiger partial charge in [0.15, 0.2) is 0 Å². The van der Waals surface area contributed by atoms with Crippen molar-refractivity contribution in [2.45, 2.75) is 25.1 Å². The van der Waals surface area contributed by atoms with E-state index in [1.54, 1.807) is 18.2 Å². The van der Waals surface area contributed by atoms with Gasteiger partial charge in [-0.1, -0.05) is 6.07 Å². The van der Waals surface area contributed by atoms with E-state index < -0.39 is 35.2 Å². The molecule has 0 radical (unpaired) electrons. The van der Waals surface area contributed by atoms with Crippen LogP contribution in [-0.2, 0) is 17.3 Å². The van der Waals surface area contributed by atoms with Gasteiger partial charge >= 0.3 is 12.1 Å². The van der Waals surface area contributed by atoms with Crippen molar-refractivity contribution in [2.24, 2.45) is 0 Å². The summed E-state index contributed by atoms with van der Waals surface area (Å²) in [7, 11) is 1.26. The Balaban J connectivity index is 1.87. The smallest absolute Gasteiger partial charge is 0.417 e. The van der Waals surface area contributed by atoms with Crippen LogP contribution in [0.1, 0.15) is 49.9 Å². The average molecular weight is 364 g/mol. The molecule has 0 fully saturated rings. The number of amides is 1. The molecule has 8 heteroatoms. The van der Waals surface area contributed by atoms with Gasteiger partial charge in [0.1, 0.15) is 0 Å². The van der Waals surface area contributed by atoms with Crippen molar-refractivity contribution in [1.29, 1.82) is 0 Å². The highest BCUT2D eigenvalue weighted by atomic mass is 19.4. The summed E-state index contributed by atoms with van der Waals surface area (Å²) in [5, 5.41) is 2.62. The minimum absolute atomic E-state index is 0.324. The van der Waals surface area contributed by atoms with E-state index in [1.807, 2.05) is 0 Å². The highest BCUT2D eigenvalue weighted by Crippen LogP contribution is 2.34. The van der Waals surface area contributed by atoms with E-state index in [0.29, 0.717) is 24.0 Å². The van der Waals surface area contributed by atoms with Crippen LogP contribution >= 0.6 is 0 Å². The molecule has 1 atom stereocenters. The first-order valence-electron chi connectivity index (χ1n) is 7.84. The molecule has 1 heterocycles. The number of rotatable bonds is 3. The molecule has 0 bridgehead atoms. The summed E-state index contributed by atoms with van der Waals surface area (Å²) >= 11 is 0. The van der Waals surface area contributed by atoms with Crippen LogP contribution in [-0.4, -0.2) is 24.0 Å². The van der Waals surface area contributed by atoms with Gasteiger partial charge in [0, 0.05) is 12.4 Å². The molecule has 136 valence electrons. The van der Waals surface area contributed by atoms with Gasteiger partial charge in [-0.2, -0.15) is 13.2 Å². The van der Waals surface area contributed by atoms with Crippen LogP contribution in [0.5, 0.6) is 0 Å². The number of nitrogens with one attached hydrogen (secondary N) is 1. The van der Waals surface area contributed by atoms with Gasteiger partial charge in [0.25, 0.3) is 5.91 Å². The summed E-state index contributed by atoms with van der Waals surface area (Å²) in [5.74, 6) is -1.37. The maximum Gasteiger partial charge on any atom is 0.417 e. The zero-order chi connectivity index (χ0) is 18.9. The van der Waals surface area contributed by atoms with Crippen molar-refractivity contribution in [3.05, 3.63) is 64.5 Å². The molecule has 1 N–H and O–H groups in total. The van der Waals surface area contributed by atoms with Gasteiger partial charge in [-0.3, -0.25) is 9.78 Å². The number of esters is 1. The normalized spacial score (nSPS) is 16.1. The van der Waals surface area contributed by atoms with Gasteiger partial charge in [0.2, 0.25) is 0 Å². The zero-order valence-corrected chi connectivity index (χ0v) is 13.8. The lowest BCUT2D eigenvalue weighted by molar-refractivity contribution is -0.138. The molecular formula is C18H15F3N2O3. The molecule has 0 unspecified atom stereocenters. The number of fused-ring (bicyclic) bond motifs is 1.